The van der Waals surface area contributed by atoms with Crippen molar-refractivity contribution in [3.05, 3.63) is 29.6 Å². The molecule has 2 nitrogen and oxygen atoms in total. The molecular formula is C10H7FN2. The third-order valence-corrected chi connectivity index (χ3v) is 1.48. The molecule has 0 spiro atoms. The van der Waals surface area contributed by atoms with Crippen molar-refractivity contribution in [2.75, 3.05) is 11.9 Å². The van der Waals surface area contributed by atoms with E-state index in [0.29, 0.717) is 11.3 Å². The molecule has 0 aliphatic carbocycles. The van der Waals surface area contributed by atoms with Crippen molar-refractivity contribution < 1.29 is 4.39 Å². The molecule has 0 aromatic heterocycles. The molecule has 64 valence electrons. The average molecular weight is 174 g/mol. The molecule has 0 atom stereocenters. The third-order valence-electron chi connectivity index (χ3n) is 1.48. The predicted octanol–water partition coefficient (Wildman–Crippen LogP) is 1.74. The van der Waals surface area contributed by atoms with E-state index in [1.54, 1.807) is 0 Å². The Hall–Kier alpha value is -2.00. The summed E-state index contributed by atoms with van der Waals surface area (Å²) in [5, 5.41) is 11.2. The van der Waals surface area contributed by atoms with Gasteiger partial charge >= 0.3 is 0 Å². The van der Waals surface area contributed by atoms with Gasteiger partial charge in [-0.3, -0.25) is 0 Å². The Kier molecular flexibility index (Phi) is 2.89. The number of nitrogens with zero attached hydrogens (tertiary/aromatic N) is 1. The second kappa shape index (κ2) is 4.13. The monoisotopic (exact) mass is 174 g/mol. The van der Waals surface area contributed by atoms with E-state index in [9.17, 15) is 4.39 Å². The van der Waals surface area contributed by atoms with E-state index >= 15 is 0 Å². The van der Waals surface area contributed by atoms with Crippen LogP contribution in [-0.2, 0) is 0 Å². The first-order valence-corrected chi connectivity index (χ1v) is 3.65. The van der Waals surface area contributed by atoms with E-state index in [0.717, 1.165) is 0 Å². The number of hydrogen-bond acceptors (Lipinski definition) is 2. The van der Waals surface area contributed by atoms with Crippen LogP contribution < -0.4 is 5.32 Å². The highest BCUT2D eigenvalue weighted by Gasteiger charge is 2.01. The quantitative estimate of drug-likeness (QED) is 0.693. The van der Waals surface area contributed by atoms with Gasteiger partial charge in [-0.1, -0.05) is 5.92 Å². The van der Waals surface area contributed by atoms with Crippen LogP contribution in [0.3, 0.4) is 0 Å². The van der Waals surface area contributed by atoms with Gasteiger partial charge in [-0.15, -0.1) is 6.42 Å². The molecule has 1 N–H and O–H groups in total. The normalized spacial score (nSPS) is 8.54. The fraction of sp³-hybridized carbons (Fsp3) is 0.100. The van der Waals surface area contributed by atoms with Crippen LogP contribution in [0.2, 0.25) is 0 Å². The van der Waals surface area contributed by atoms with E-state index in [2.05, 4.69) is 11.2 Å². The van der Waals surface area contributed by atoms with Crippen LogP contribution in [-0.4, -0.2) is 6.54 Å². The Labute approximate surface area is 76.0 Å². The lowest BCUT2D eigenvalue weighted by molar-refractivity contribution is 0.630. The van der Waals surface area contributed by atoms with Crippen molar-refractivity contribution in [2.24, 2.45) is 0 Å². The van der Waals surface area contributed by atoms with Crippen LogP contribution in [0.1, 0.15) is 5.56 Å². The SMILES string of the molecule is C#CCNc1ccc(C#N)cc1F. The first kappa shape index (κ1) is 9.09. The zero-order chi connectivity index (χ0) is 9.68. The number of benzene rings is 1. The Morgan fingerprint density at radius 2 is 2.31 bits per heavy atom. The smallest absolute Gasteiger partial charge is 0.147 e. The van der Waals surface area contributed by atoms with Crippen LogP contribution in [0.25, 0.3) is 0 Å². The first-order valence-electron chi connectivity index (χ1n) is 3.65. The minimum absolute atomic E-state index is 0.267. The van der Waals surface area contributed by atoms with Gasteiger partial charge in [0.05, 0.1) is 23.9 Å². The summed E-state index contributed by atoms with van der Waals surface area (Å²) in [7, 11) is 0. The molecule has 3 heteroatoms. The lowest BCUT2D eigenvalue weighted by Gasteiger charge is -2.03. The largest absolute Gasteiger partial charge is 0.372 e. The lowest BCUT2D eigenvalue weighted by atomic mass is 10.2. The summed E-state index contributed by atoms with van der Waals surface area (Å²) < 4.78 is 13.1. The van der Waals surface area contributed by atoms with Crippen molar-refractivity contribution in [1.82, 2.24) is 0 Å². The molecule has 1 aromatic rings. The van der Waals surface area contributed by atoms with Gasteiger partial charge in [0, 0.05) is 0 Å². The molecular weight excluding hydrogens is 167 g/mol. The molecule has 0 saturated heterocycles. The molecule has 1 aromatic carbocycles. The summed E-state index contributed by atoms with van der Waals surface area (Å²) in [6.45, 7) is 0.267. The van der Waals surface area contributed by atoms with E-state index in [-0.39, 0.29) is 6.54 Å². The van der Waals surface area contributed by atoms with Crippen molar-refractivity contribution >= 4 is 5.69 Å². The van der Waals surface area contributed by atoms with Gasteiger partial charge in [0.15, 0.2) is 0 Å². The summed E-state index contributed by atoms with van der Waals surface area (Å²) in [4.78, 5) is 0. The summed E-state index contributed by atoms with van der Waals surface area (Å²) in [5.41, 5.74) is 0.612. The van der Waals surface area contributed by atoms with Crippen molar-refractivity contribution in [3.63, 3.8) is 0 Å². The van der Waals surface area contributed by atoms with E-state index in [1.807, 2.05) is 6.07 Å². The number of terminal acetylenes is 1. The van der Waals surface area contributed by atoms with Crippen LogP contribution in [0.15, 0.2) is 18.2 Å². The van der Waals surface area contributed by atoms with E-state index in [1.165, 1.54) is 18.2 Å². The van der Waals surface area contributed by atoms with Gasteiger partial charge < -0.3 is 5.32 Å². The second-order valence-corrected chi connectivity index (χ2v) is 2.36. The topological polar surface area (TPSA) is 35.8 Å². The van der Waals surface area contributed by atoms with Gasteiger partial charge in [0.2, 0.25) is 0 Å². The van der Waals surface area contributed by atoms with Crippen molar-refractivity contribution in [1.29, 1.82) is 5.26 Å². The molecule has 0 aliphatic heterocycles. The van der Waals surface area contributed by atoms with Gasteiger partial charge in [0.1, 0.15) is 5.82 Å². The standard InChI is InChI=1S/C10H7FN2/c1-2-5-13-10-4-3-8(7-12)6-9(10)11/h1,3-4,6,13H,5H2. The van der Waals surface area contributed by atoms with Crippen molar-refractivity contribution in [2.45, 2.75) is 0 Å². The number of anilines is 1. The summed E-state index contributed by atoms with van der Waals surface area (Å²) >= 11 is 0. The second-order valence-electron chi connectivity index (χ2n) is 2.36. The summed E-state index contributed by atoms with van der Waals surface area (Å²) in [6, 6.07) is 6.03. The maximum atomic E-state index is 13.1. The molecule has 0 aliphatic rings. The number of hydrogen-bond donors (Lipinski definition) is 1. The molecule has 0 heterocycles. The third kappa shape index (κ3) is 2.21. The number of rotatable bonds is 2. The highest BCUT2D eigenvalue weighted by molar-refractivity contribution is 5.49. The van der Waals surface area contributed by atoms with Crippen LogP contribution in [0.5, 0.6) is 0 Å². The number of nitriles is 1. The first-order chi connectivity index (χ1) is 6.27. The number of halogens is 1. The van der Waals surface area contributed by atoms with Gasteiger partial charge in [-0.25, -0.2) is 4.39 Å². The van der Waals surface area contributed by atoms with Crippen LogP contribution >= 0.6 is 0 Å². The maximum absolute atomic E-state index is 13.1. The zero-order valence-corrected chi connectivity index (χ0v) is 6.84. The van der Waals surface area contributed by atoms with E-state index in [4.69, 9.17) is 11.7 Å². The molecule has 0 radical (unpaired) electrons. The number of nitrogens with one attached hydrogen (secondary N) is 1. The van der Waals surface area contributed by atoms with Gasteiger partial charge in [-0.05, 0) is 18.2 Å². The van der Waals surface area contributed by atoms with Crippen LogP contribution in [0, 0.1) is 29.5 Å². The molecule has 0 amide bonds. The average Bonchev–Trinajstić information content (AvgIpc) is 2.16. The van der Waals surface area contributed by atoms with Crippen molar-refractivity contribution in [3.8, 4) is 18.4 Å². The zero-order valence-electron chi connectivity index (χ0n) is 6.84. The maximum Gasteiger partial charge on any atom is 0.147 e. The Bertz CT molecular complexity index is 385. The molecule has 0 fully saturated rings. The summed E-state index contributed by atoms with van der Waals surface area (Å²) in [6.07, 6.45) is 5.00. The molecule has 1 rings (SSSR count). The Morgan fingerprint density at radius 3 is 2.85 bits per heavy atom. The van der Waals surface area contributed by atoms with Gasteiger partial charge in [-0.2, -0.15) is 5.26 Å². The lowest BCUT2D eigenvalue weighted by Crippen LogP contribution is -2.00. The van der Waals surface area contributed by atoms with Crippen LogP contribution in [0.4, 0.5) is 10.1 Å². The fourth-order valence-electron chi connectivity index (χ4n) is 0.874. The van der Waals surface area contributed by atoms with Gasteiger partial charge in [0.25, 0.3) is 0 Å². The molecule has 0 saturated carbocycles. The van der Waals surface area contributed by atoms with E-state index < -0.39 is 5.82 Å². The molecule has 0 bridgehead atoms. The molecule has 13 heavy (non-hydrogen) atoms. The fourth-order valence-corrected chi connectivity index (χ4v) is 0.874. The molecule has 0 unspecified atom stereocenters. The Morgan fingerprint density at radius 1 is 1.54 bits per heavy atom. The minimum atomic E-state index is -0.464. The highest BCUT2D eigenvalue weighted by Crippen LogP contribution is 2.14. The highest BCUT2D eigenvalue weighted by atomic mass is 19.1. The Balaban J connectivity index is 2.88. The predicted molar refractivity (Wildman–Crippen MR) is 48.4 cm³/mol. The summed E-state index contributed by atoms with van der Waals surface area (Å²) in [5.74, 6) is 1.87. The minimum Gasteiger partial charge on any atom is -0.372 e.